The highest BCUT2D eigenvalue weighted by atomic mass is 31.2. The van der Waals surface area contributed by atoms with Gasteiger partial charge in [-0.25, -0.2) is 9.13 Å². The molecule has 2 atom stereocenters. The van der Waals surface area contributed by atoms with Gasteiger partial charge in [0, 0.05) is 5.92 Å². The molecule has 270 valence electrons. The Hall–Kier alpha value is -0.200. The summed E-state index contributed by atoms with van der Waals surface area (Å²) in [6.45, 7) is 2.03. The molecule has 0 aromatic rings. The summed E-state index contributed by atoms with van der Waals surface area (Å²) in [5.41, 5.74) is 0. The molecule has 4 N–H and O–H groups in total. The number of hydrogen-bond acceptors (Lipinski definition) is 8. The fourth-order valence-corrected chi connectivity index (χ4v) is 5.89. The largest absolute Gasteiger partial charge is 0.472 e. The first kappa shape index (κ1) is 44.8. The van der Waals surface area contributed by atoms with Crippen molar-refractivity contribution in [3.05, 3.63) is 12.2 Å². The Morgan fingerprint density at radius 2 is 0.978 bits per heavy atom. The van der Waals surface area contributed by atoms with Crippen LogP contribution in [-0.2, 0) is 27.2 Å². The number of phosphoric acid groups is 2. The van der Waals surface area contributed by atoms with Crippen molar-refractivity contribution in [2.45, 2.75) is 103 Å². The van der Waals surface area contributed by atoms with Crippen LogP contribution in [0.1, 0.15) is 103 Å². The first-order valence-corrected chi connectivity index (χ1v) is 19.9. The van der Waals surface area contributed by atoms with E-state index in [2.05, 4.69) is 19.1 Å². The molecule has 45 heavy (non-hydrogen) atoms. The van der Waals surface area contributed by atoms with Crippen LogP contribution in [0, 0.1) is 5.92 Å². The summed E-state index contributed by atoms with van der Waals surface area (Å²) in [5.74, 6) is -0.427. The van der Waals surface area contributed by atoms with Gasteiger partial charge in [-0.1, -0.05) is 83.3 Å². The maximum Gasteiger partial charge on any atom is 0.472 e. The van der Waals surface area contributed by atoms with Crippen molar-refractivity contribution < 1.29 is 56.2 Å². The molecule has 0 aliphatic carbocycles. The predicted molar refractivity (Wildman–Crippen MR) is 179 cm³/mol. The number of aliphatic hydroxyl groups excluding tert-OH is 2. The molecule has 0 heterocycles. The minimum absolute atomic E-state index is 0.0835. The van der Waals surface area contributed by atoms with E-state index >= 15 is 0 Å². The number of hydrogen-bond donors (Lipinski definition) is 4. The molecule has 14 heteroatoms. The van der Waals surface area contributed by atoms with Gasteiger partial charge in [0.1, 0.15) is 26.3 Å². The molecule has 0 rings (SSSR count). The van der Waals surface area contributed by atoms with E-state index in [9.17, 15) is 29.1 Å². The average molecular weight is 691 g/mol. The van der Waals surface area contributed by atoms with Crippen LogP contribution in [0.3, 0.4) is 0 Å². The van der Waals surface area contributed by atoms with Crippen molar-refractivity contribution in [3.8, 4) is 0 Å². The number of rotatable bonds is 32. The van der Waals surface area contributed by atoms with Gasteiger partial charge in [-0.15, -0.1) is 0 Å². The predicted octanol–water partition coefficient (Wildman–Crippen LogP) is 6.35. The highest BCUT2D eigenvalue weighted by molar-refractivity contribution is 7.47. The summed E-state index contributed by atoms with van der Waals surface area (Å²) in [4.78, 5) is 20.3. The fourth-order valence-electron chi connectivity index (χ4n) is 4.32. The third-order valence-corrected chi connectivity index (χ3v) is 9.71. The quantitative estimate of drug-likeness (QED) is 0.0207. The highest BCUT2D eigenvalue weighted by Gasteiger charge is 2.28. The first-order valence-electron chi connectivity index (χ1n) is 16.9. The van der Waals surface area contributed by atoms with Gasteiger partial charge in [-0.3, -0.25) is 18.1 Å². The lowest BCUT2D eigenvalue weighted by molar-refractivity contribution is -0.908. The Labute approximate surface area is 274 Å². The molecule has 0 radical (unpaired) electrons. The molecule has 0 amide bonds. The average Bonchev–Trinajstić information content (AvgIpc) is 2.97. The molecule has 0 spiro atoms. The summed E-state index contributed by atoms with van der Waals surface area (Å²) in [5, 5.41) is 18.7. The lowest BCUT2D eigenvalue weighted by atomic mass is 10.0. The lowest BCUT2D eigenvalue weighted by Gasteiger charge is -2.27. The second-order valence-corrected chi connectivity index (χ2v) is 16.3. The van der Waals surface area contributed by atoms with Gasteiger partial charge in [0.05, 0.1) is 41.4 Å². The normalized spacial score (nSPS) is 16.2. The topological polar surface area (TPSA) is 152 Å². The first-order chi connectivity index (χ1) is 21.2. The number of aliphatic hydroxyl groups is 2. The van der Waals surface area contributed by atoms with Crippen LogP contribution in [0.4, 0.5) is 0 Å². The maximum absolute atomic E-state index is 12.4. The van der Waals surface area contributed by atoms with Crippen LogP contribution in [-0.4, -0.2) is 110 Å². The molecule has 0 saturated heterocycles. The van der Waals surface area contributed by atoms with Crippen LogP contribution in [0.15, 0.2) is 12.2 Å². The summed E-state index contributed by atoms with van der Waals surface area (Å²) >= 11 is 0. The Morgan fingerprint density at radius 1 is 0.600 bits per heavy atom. The van der Waals surface area contributed by atoms with Crippen LogP contribution < -0.4 is 0 Å². The fraction of sp³-hybridized carbons (Fsp3) is 0.935. The number of quaternary nitrogens is 2. The molecule has 0 aromatic heterocycles. The van der Waals surface area contributed by atoms with Gasteiger partial charge in [0.2, 0.25) is 0 Å². The van der Waals surface area contributed by atoms with Crippen molar-refractivity contribution in [2.24, 2.45) is 5.92 Å². The van der Waals surface area contributed by atoms with Crippen LogP contribution >= 0.6 is 15.6 Å². The summed E-state index contributed by atoms with van der Waals surface area (Å²) in [6.07, 6.45) is 21.8. The van der Waals surface area contributed by atoms with Crippen LogP contribution in [0.25, 0.3) is 0 Å². The molecule has 0 saturated carbocycles. The molecular formula is C31H68N2O10P2+2. The Balaban J connectivity index is 4.54. The number of unbranched alkanes of at least 4 members (excludes halogenated alkanes) is 12. The zero-order valence-electron chi connectivity index (χ0n) is 29.0. The highest BCUT2D eigenvalue weighted by Crippen LogP contribution is 2.46. The Bertz CT molecular complexity index is 799. The summed E-state index contributed by atoms with van der Waals surface area (Å²) in [6, 6.07) is 0. The van der Waals surface area contributed by atoms with Crippen LogP contribution in [0.5, 0.6) is 0 Å². The molecule has 0 bridgehead atoms. The van der Waals surface area contributed by atoms with E-state index in [0.29, 0.717) is 19.5 Å². The lowest BCUT2D eigenvalue weighted by Crippen LogP contribution is -2.42. The minimum atomic E-state index is -4.36. The van der Waals surface area contributed by atoms with Gasteiger partial charge >= 0.3 is 15.6 Å². The molecular weight excluding hydrogens is 622 g/mol. The van der Waals surface area contributed by atoms with Crippen molar-refractivity contribution in [2.75, 3.05) is 81.2 Å². The van der Waals surface area contributed by atoms with Gasteiger partial charge in [-0.2, -0.15) is 0 Å². The second-order valence-electron chi connectivity index (χ2n) is 13.4. The third-order valence-electron chi connectivity index (χ3n) is 7.74. The SMILES string of the molecule is CCCCCCCC/C=C/CCCCCCCCC(COP(=O)(O)OCC[N+](C)(C)CO)COP(=O)(O)OCC[N+](C)(C)CO. The number of phosphoric ester groups is 2. The third kappa shape index (κ3) is 28.5. The van der Waals surface area contributed by atoms with Gasteiger partial charge in [0.15, 0.2) is 13.5 Å². The smallest absolute Gasteiger partial charge is 0.347 e. The van der Waals surface area contributed by atoms with Gasteiger partial charge in [0.25, 0.3) is 0 Å². The summed E-state index contributed by atoms with van der Waals surface area (Å²) < 4.78 is 45.8. The second kappa shape index (κ2) is 25.8. The minimum Gasteiger partial charge on any atom is -0.347 e. The van der Waals surface area contributed by atoms with Crippen molar-refractivity contribution >= 4 is 15.6 Å². The molecule has 0 fully saturated rings. The standard InChI is InChI=1S/C31H66N2O10P2/c1-6-7-8-9-10-11-12-13-14-15-16-17-18-19-20-21-22-31(27-42-44(36,37)40-25-23-32(2,3)29-34)28-43-45(38,39)41-26-24-33(4,5)30-35/h13-14,31,34-35H,6-12,15-30H2,1-5H3/p+2/b14-13+. The molecule has 0 aliphatic heterocycles. The van der Waals surface area contributed by atoms with E-state index in [1.807, 2.05) is 0 Å². The van der Waals surface area contributed by atoms with Gasteiger partial charge < -0.3 is 29.0 Å². The van der Waals surface area contributed by atoms with E-state index < -0.39 is 21.6 Å². The Kier molecular flexibility index (Phi) is 25.7. The van der Waals surface area contributed by atoms with E-state index in [-0.39, 0.29) is 48.9 Å². The van der Waals surface area contributed by atoms with Crippen molar-refractivity contribution in [1.29, 1.82) is 0 Å². The number of likely N-dealkylation sites (N-methyl/N-ethyl adjacent to an activating group) is 2. The van der Waals surface area contributed by atoms with Crippen LogP contribution in [0.2, 0.25) is 0 Å². The number of nitrogens with zero attached hydrogens (tertiary/aromatic N) is 2. The molecule has 0 aliphatic rings. The number of allylic oxidation sites excluding steroid dienone is 2. The Morgan fingerprint density at radius 3 is 1.38 bits per heavy atom. The van der Waals surface area contributed by atoms with Crippen molar-refractivity contribution in [1.82, 2.24) is 0 Å². The molecule has 12 nitrogen and oxygen atoms in total. The van der Waals surface area contributed by atoms with E-state index in [1.54, 1.807) is 28.2 Å². The van der Waals surface area contributed by atoms with E-state index in [0.717, 1.165) is 32.1 Å². The van der Waals surface area contributed by atoms with E-state index in [1.165, 1.54) is 57.8 Å². The zero-order chi connectivity index (χ0) is 34.1. The monoisotopic (exact) mass is 690 g/mol. The molecule has 0 aromatic carbocycles. The van der Waals surface area contributed by atoms with E-state index in [4.69, 9.17) is 18.1 Å². The zero-order valence-corrected chi connectivity index (χ0v) is 30.8. The van der Waals surface area contributed by atoms with Crippen molar-refractivity contribution in [3.63, 3.8) is 0 Å². The summed E-state index contributed by atoms with van der Waals surface area (Å²) in [7, 11) is -1.70. The maximum atomic E-state index is 12.4. The molecule has 2 unspecified atom stereocenters. The van der Waals surface area contributed by atoms with Gasteiger partial charge in [-0.05, 0) is 32.1 Å².